The number of nitrogens with one attached hydrogen (secondary N) is 1. The van der Waals surface area contributed by atoms with Crippen molar-refractivity contribution in [2.45, 2.75) is 6.08 Å². The van der Waals surface area contributed by atoms with E-state index in [0.29, 0.717) is 0 Å². The van der Waals surface area contributed by atoms with Gasteiger partial charge in [-0.1, -0.05) is 12.1 Å². The van der Waals surface area contributed by atoms with E-state index < -0.39 is 55.1 Å². The minimum atomic E-state index is -2.94. The first kappa shape index (κ1) is 2.25. The molecular weight excluding hydrogens is 154 g/mol. The summed E-state index contributed by atoms with van der Waals surface area (Å²) in [5.74, 6) is -0.736. The van der Waals surface area contributed by atoms with Gasteiger partial charge in [-0.3, -0.25) is 0 Å². The molecular formula is C9H13NO2. The van der Waals surface area contributed by atoms with E-state index in [0.717, 1.165) is 0 Å². The minimum absolute atomic E-state index is 0.0348. The van der Waals surface area contributed by atoms with Crippen molar-refractivity contribution >= 4 is 0 Å². The van der Waals surface area contributed by atoms with Crippen LogP contribution < -0.4 is 5.31 Å². The molecule has 3 heteroatoms. The van der Waals surface area contributed by atoms with Crippen LogP contribution in [0.1, 0.15) is 22.6 Å². The molecule has 1 aromatic rings. The van der Waals surface area contributed by atoms with E-state index >= 15 is 0 Å². The number of phenols is 1. The molecule has 0 heterocycles. The molecule has 0 unspecified atom stereocenters. The molecule has 0 saturated heterocycles. The molecule has 0 saturated carbocycles. The van der Waals surface area contributed by atoms with Crippen molar-refractivity contribution in [3.8, 4) is 5.75 Å². The Balaban J connectivity index is 3.55. The average molecular weight is 178 g/mol. The van der Waals surface area contributed by atoms with E-state index in [2.05, 4.69) is 10.2 Å². The summed E-state index contributed by atoms with van der Waals surface area (Å²) in [4.78, 5) is 0. The third-order valence-corrected chi connectivity index (χ3v) is 1.10. The number of hydrogen-bond acceptors (Lipinski definition) is 3. The van der Waals surface area contributed by atoms with E-state index in [1.54, 1.807) is 0 Å². The summed E-state index contributed by atoms with van der Waals surface area (Å²) in [7, 11) is 0. The first-order chi connectivity index (χ1) is 10.4. The predicted molar refractivity (Wildman–Crippen MR) is 47.0 cm³/mol. The van der Waals surface area contributed by atoms with Crippen molar-refractivity contribution < 1.29 is 22.6 Å². The Labute approximate surface area is 87.4 Å². The van der Waals surface area contributed by atoms with Gasteiger partial charge in [0.1, 0.15) is 7.16 Å². The van der Waals surface area contributed by atoms with Gasteiger partial charge in [0.25, 0.3) is 1.43 Å². The molecule has 0 spiro atoms. The van der Waals surface area contributed by atoms with Crippen molar-refractivity contribution in [3.05, 3.63) is 29.7 Å². The Kier molecular flexibility index (Phi) is 0.765. The Morgan fingerprint density at radius 2 is 3.00 bits per heavy atom. The molecule has 0 aromatic heterocycles. The predicted octanol–water partition coefficient (Wildman–Crippen LogP) is 0.645. The van der Waals surface area contributed by atoms with Crippen LogP contribution in [-0.2, 0) is 0 Å². The highest BCUT2D eigenvalue weighted by atomic mass is 16.3. The van der Waals surface area contributed by atoms with Gasteiger partial charge in [0, 0.05) is 10.7 Å². The summed E-state index contributed by atoms with van der Waals surface area (Å²) in [6.07, 6.45) is -2.68. The van der Waals surface area contributed by atoms with Gasteiger partial charge in [-0.25, -0.2) is 0 Å². The van der Waals surface area contributed by atoms with E-state index in [1.807, 2.05) is 0 Å². The smallest absolute Gasteiger partial charge is 0.293 e. The molecule has 0 fully saturated rings. The Morgan fingerprint density at radius 1 is 2.00 bits per heavy atom. The summed E-state index contributed by atoms with van der Waals surface area (Å²) in [5.41, 5.74) is -0.739. The Morgan fingerprint density at radius 3 is 3.75 bits per heavy atom. The van der Waals surface area contributed by atoms with Crippen LogP contribution in [0.5, 0.6) is 5.75 Å². The minimum Gasteiger partial charge on any atom is -0.508 e. The van der Waals surface area contributed by atoms with E-state index in [1.165, 1.54) is 0 Å². The molecule has 3 N–H and O–H groups in total. The molecule has 12 heavy (non-hydrogen) atoms. The number of hydrogen-bond donors (Lipinski definition) is 3. The fourth-order valence-electron chi connectivity index (χ4n) is 0.617. The summed E-state index contributed by atoms with van der Waals surface area (Å²) in [5, 5.41) is 8.18. The normalized spacial score (nSPS) is 29.6. The van der Waals surface area contributed by atoms with Gasteiger partial charge in [-0.05, 0) is 24.6 Å². The summed E-state index contributed by atoms with van der Waals surface area (Å²) < 4.78 is 81.1. The maximum Gasteiger partial charge on any atom is 0.293 e. The highest BCUT2D eigenvalue weighted by Gasteiger charge is 2.05. The molecule has 0 aliphatic rings. The quantitative estimate of drug-likeness (QED) is 0.620. The second-order valence-corrected chi connectivity index (χ2v) is 1.94. The fourth-order valence-corrected chi connectivity index (χ4v) is 0.617. The summed E-state index contributed by atoms with van der Waals surface area (Å²) in [6, 6.07) is -3.16. The molecule has 0 radical (unpaired) electrons. The van der Waals surface area contributed by atoms with Crippen LogP contribution in [0.25, 0.3) is 0 Å². The zero-order chi connectivity index (χ0) is 18.2. The van der Waals surface area contributed by atoms with Crippen molar-refractivity contribution in [2.24, 2.45) is 0 Å². The van der Waals surface area contributed by atoms with Crippen molar-refractivity contribution in [1.82, 2.24) is 5.31 Å². The molecule has 0 bridgehead atoms. The molecule has 0 aliphatic carbocycles. The first-order valence-electron chi connectivity index (χ1n) is 8.32. The van der Waals surface area contributed by atoms with Gasteiger partial charge in [0.2, 0.25) is 1.43 Å². The second-order valence-electron chi connectivity index (χ2n) is 1.94. The monoisotopic (exact) mass is 178 g/mol. The maximum absolute atomic E-state index is 8.02. The third-order valence-electron chi connectivity index (χ3n) is 1.10. The van der Waals surface area contributed by atoms with E-state index in [-0.39, 0.29) is 5.31 Å². The third kappa shape index (κ3) is 2.22. The number of phenolic OH excluding ortho intramolecular Hbond substituents is 1. The number of rotatable bonds is 5. The summed E-state index contributed by atoms with van der Waals surface area (Å²) in [6.45, 7) is -3.98. The largest absolute Gasteiger partial charge is 0.508 e. The molecule has 0 amide bonds. The van der Waals surface area contributed by atoms with Crippen LogP contribution in [0.3, 0.4) is 0 Å². The zero-order valence-electron chi connectivity index (χ0n) is 17.0. The second kappa shape index (κ2) is 4.09. The number of likely N-dealkylation sites (N-methyl/N-ethyl adjacent to an activating group) is 1. The zero-order valence-corrected chi connectivity index (χ0v) is 5.97. The lowest BCUT2D eigenvalue weighted by Gasteiger charge is -2.09. The lowest BCUT2D eigenvalue weighted by Crippen LogP contribution is -2.16. The first-order valence-corrected chi connectivity index (χ1v) is 3.05. The Hall–Kier alpha value is -1.06. The number of aromatic hydroxyl groups is 1. The van der Waals surface area contributed by atoms with Crippen LogP contribution in [0.15, 0.2) is 24.2 Å². The fraction of sp³-hybridized carbons (Fsp3) is 0.333. The van der Waals surface area contributed by atoms with Crippen LogP contribution in [0.2, 0.25) is 1.41 Å². The highest BCUT2D eigenvalue weighted by molar-refractivity contribution is 5.28. The van der Waals surface area contributed by atoms with Gasteiger partial charge < -0.3 is 15.5 Å². The topological polar surface area (TPSA) is 52.5 Å². The van der Waals surface area contributed by atoms with Crippen molar-refractivity contribution in [3.63, 3.8) is 0 Å². The van der Waals surface area contributed by atoms with Crippen molar-refractivity contribution in [1.29, 1.82) is 2.86 Å². The molecule has 3 nitrogen and oxygen atoms in total. The van der Waals surface area contributed by atoms with Gasteiger partial charge in [0.15, 0.2) is 0 Å². The molecule has 0 aliphatic heterocycles. The lowest BCUT2D eigenvalue weighted by atomic mass is 10.1. The van der Waals surface area contributed by atoms with E-state index in [9.17, 15) is 0 Å². The standard InChI is InChI=1S/C9H13NO2/c1-10-6-9(12)7-3-2-4-8(11)5-7/h2-5,9-12H,6H2,1H3/t9-/m1/s1/i1D3,2D,3D,4D,5D,9D,12D/hD2. The number of aliphatic hydroxyl groups is 1. The Bertz CT molecular complexity index is 592. The van der Waals surface area contributed by atoms with Crippen LogP contribution in [-0.4, -0.2) is 26.6 Å². The van der Waals surface area contributed by atoms with Gasteiger partial charge in [0.05, 0.1) is 12.9 Å². The average Bonchev–Trinajstić information content (AvgIpc) is 2.44. The van der Waals surface area contributed by atoms with Crippen LogP contribution >= 0.6 is 0 Å². The van der Waals surface area contributed by atoms with Gasteiger partial charge in [-0.15, -0.1) is 0 Å². The van der Waals surface area contributed by atoms with E-state index in [4.69, 9.17) is 15.2 Å². The number of benzene rings is 1. The van der Waals surface area contributed by atoms with Crippen LogP contribution in [0.4, 0.5) is 0 Å². The molecule has 1 atom stereocenters. The molecule has 1 aromatic carbocycles. The van der Waals surface area contributed by atoms with Gasteiger partial charge in [-0.2, -0.15) is 0 Å². The van der Waals surface area contributed by atoms with Gasteiger partial charge >= 0.3 is 0 Å². The molecule has 66 valence electrons. The lowest BCUT2D eigenvalue weighted by molar-refractivity contribution is 0.177. The van der Waals surface area contributed by atoms with Crippen molar-refractivity contribution in [2.75, 3.05) is 13.5 Å². The molecule has 1 rings (SSSR count). The maximum atomic E-state index is 8.02. The highest BCUT2D eigenvalue weighted by Crippen LogP contribution is 2.17. The SMILES string of the molecule is [2H]Oc1c([2H])c([2H])c([2H])c([C@@]([2H])(CN([2H])C([2H])([2H])[2H])O[2H])c1[2H]. The van der Waals surface area contributed by atoms with Crippen LogP contribution in [0, 0.1) is 0 Å². The summed E-state index contributed by atoms with van der Waals surface area (Å²) >= 11 is 0.